The molecule has 0 bridgehead atoms. The smallest absolute Gasteiger partial charge is 0.341 e. The molecule has 6 nitrogen and oxygen atoms in total. The SMILES string of the molecule is COCCOCCOc1c(C(=O)O)cnc2ccccc12. The van der Waals surface area contributed by atoms with Crippen LogP contribution in [0, 0.1) is 0 Å². The zero-order valence-electron chi connectivity index (χ0n) is 11.7. The number of para-hydroxylation sites is 1. The summed E-state index contributed by atoms with van der Waals surface area (Å²) >= 11 is 0. The van der Waals surface area contributed by atoms with Crippen LogP contribution in [-0.4, -0.2) is 49.6 Å². The molecule has 0 spiro atoms. The highest BCUT2D eigenvalue weighted by Crippen LogP contribution is 2.28. The van der Waals surface area contributed by atoms with Crippen LogP contribution in [0.5, 0.6) is 5.75 Å². The Morgan fingerprint density at radius 3 is 2.71 bits per heavy atom. The van der Waals surface area contributed by atoms with E-state index in [-0.39, 0.29) is 12.2 Å². The molecule has 112 valence electrons. The zero-order valence-corrected chi connectivity index (χ0v) is 11.7. The van der Waals surface area contributed by atoms with Crippen molar-refractivity contribution in [3.63, 3.8) is 0 Å². The summed E-state index contributed by atoms with van der Waals surface area (Å²) in [6, 6.07) is 7.25. The molecule has 2 aromatic rings. The topological polar surface area (TPSA) is 77.9 Å². The molecule has 0 saturated carbocycles. The maximum absolute atomic E-state index is 11.3. The molecule has 1 N–H and O–H groups in total. The lowest BCUT2D eigenvalue weighted by Crippen LogP contribution is -2.12. The number of benzene rings is 1. The summed E-state index contributed by atoms with van der Waals surface area (Å²) in [6.45, 7) is 1.61. The summed E-state index contributed by atoms with van der Waals surface area (Å²) in [7, 11) is 1.60. The number of hydrogen-bond acceptors (Lipinski definition) is 5. The van der Waals surface area contributed by atoms with Gasteiger partial charge >= 0.3 is 5.97 Å². The fourth-order valence-corrected chi connectivity index (χ4v) is 1.87. The molecule has 6 heteroatoms. The Kier molecular flexibility index (Phi) is 5.48. The summed E-state index contributed by atoms with van der Waals surface area (Å²) in [6.07, 6.45) is 1.31. The number of methoxy groups -OCH3 is 1. The van der Waals surface area contributed by atoms with Crippen LogP contribution >= 0.6 is 0 Å². The molecular weight excluding hydrogens is 274 g/mol. The van der Waals surface area contributed by atoms with Crippen molar-refractivity contribution in [1.29, 1.82) is 0 Å². The van der Waals surface area contributed by atoms with Gasteiger partial charge in [0, 0.05) is 18.7 Å². The highest BCUT2D eigenvalue weighted by Gasteiger charge is 2.15. The average Bonchev–Trinajstić information content (AvgIpc) is 2.50. The maximum atomic E-state index is 11.3. The zero-order chi connectivity index (χ0) is 15.1. The third kappa shape index (κ3) is 3.90. The minimum atomic E-state index is -1.07. The number of carbonyl (C=O) groups is 1. The number of carboxylic acid groups (broad SMARTS) is 1. The summed E-state index contributed by atoms with van der Waals surface area (Å²) in [5.74, 6) is -0.744. The predicted octanol–water partition coefficient (Wildman–Crippen LogP) is 1.97. The Bertz CT molecular complexity index is 614. The number of hydrogen-bond donors (Lipinski definition) is 1. The first-order valence-electron chi connectivity index (χ1n) is 6.54. The van der Waals surface area contributed by atoms with Gasteiger partial charge in [-0.1, -0.05) is 12.1 Å². The van der Waals surface area contributed by atoms with Crippen molar-refractivity contribution in [3.05, 3.63) is 36.0 Å². The normalized spacial score (nSPS) is 10.7. The molecule has 21 heavy (non-hydrogen) atoms. The Morgan fingerprint density at radius 1 is 1.19 bits per heavy atom. The fourth-order valence-electron chi connectivity index (χ4n) is 1.87. The number of aromatic carboxylic acids is 1. The molecule has 0 unspecified atom stereocenters. The molecule has 0 radical (unpaired) electrons. The number of rotatable bonds is 8. The van der Waals surface area contributed by atoms with E-state index in [9.17, 15) is 9.90 Å². The minimum Gasteiger partial charge on any atom is -0.490 e. The first-order chi connectivity index (χ1) is 10.2. The monoisotopic (exact) mass is 291 g/mol. The van der Waals surface area contributed by atoms with Gasteiger partial charge in [-0.15, -0.1) is 0 Å². The lowest BCUT2D eigenvalue weighted by Gasteiger charge is -2.12. The van der Waals surface area contributed by atoms with Gasteiger partial charge in [-0.3, -0.25) is 4.98 Å². The minimum absolute atomic E-state index is 0.0468. The van der Waals surface area contributed by atoms with Crippen molar-refractivity contribution in [2.45, 2.75) is 0 Å². The summed E-state index contributed by atoms with van der Waals surface area (Å²) in [4.78, 5) is 15.4. The average molecular weight is 291 g/mol. The molecule has 2 rings (SSSR count). The van der Waals surface area contributed by atoms with E-state index in [0.29, 0.717) is 36.5 Å². The maximum Gasteiger partial charge on any atom is 0.341 e. The number of carboxylic acids is 1. The number of fused-ring (bicyclic) bond motifs is 1. The Hall–Kier alpha value is -2.18. The van der Waals surface area contributed by atoms with Gasteiger partial charge in [-0.05, 0) is 12.1 Å². The van der Waals surface area contributed by atoms with Gasteiger partial charge in [0.25, 0.3) is 0 Å². The highest BCUT2D eigenvalue weighted by molar-refractivity contribution is 5.98. The van der Waals surface area contributed by atoms with Gasteiger partial charge in [-0.2, -0.15) is 0 Å². The van der Waals surface area contributed by atoms with Crippen molar-refractivity contribution >= 4 is 16.9 Å². The second kappa shape index (κ2) is 7.56. The van der Waals surface area contributed by atoms with E-state index in [4.69, 9.17) is 14.2 Å². The first kappa shape index (κ1) is 15.2. The molecule has 1 aromatic heterocycles. The Labute approximate surface area is 122 Å². The Balaban J connectivity index is 2.12. The molecule has 1 aromatic carbocycles. The van der Waals surface area contributed by atoms with Crippen LogP contribution in [0.15, 0.2) is 30.5 Å². The molecule has 0 aliphatic carbocycles. The Morgan fingerprint density at radius 2 is 1.95 bits per heavy atom. The third-order valence-corrected chi connectivity index (χ3v) is 2.86. The molecule has 0 aliphatic rings. The second-order valence-corrected chi connectivity index (χ2v) is 4.28. The van der Waals surface area contributed by atoms with Gasteiger partial charge in [0.1, 0.15) is 17.9 Å². The summed E-state index contributed by atoms with van der Waals surface area (Å²) in [5.41, 5.74) is 0.739. The largest absolute Gasteiger partial charge is 0.490 e. The molecule has 0 saturated heterocycles. The van der Waals surface area contributed by atoms with Crippen molar-refractivity contribution in [1.82, 2.24) is 4.98 Å². The standard InChI is InChI=1S/C15H17NO5/c1-19-6-7-20-8-9-21-14-11-4-2-3-5-13(11)16-10-12(14)15(17)18/h2-5,10H,6-9H2,1H3,(H,17,18). The van der Waals surface area contributed by atoms with E-state index in [0.717, 1.165) is 0 Å². The molecule has 0 aliphatic heterocycles. The van der Waals surface area contributed by atoms with E-state index < -0.39 is 5.97 Å². The van der Waals surface area contributed by atoms with E-state index in [1.807, 2.05) is 18.2 Å². The molecule has 0 atom stereocenters. The van der Waals surface area contributed by atoms with Crippen molar-refractivity contribution in [2.75, 3.05) is 33.5 Å². The van der Waals surface area contributed by atoms with Gasteiger partial charge in [0.2, 0.25) is 0 Å². The van der Waals surface area contributed by atoms with Gasteiger partial charge < -0.3 is 19.3 Å². The van der Waals surface area contributed by atoms with Crippen LogP contribution in [-0.2, 0) is 9.47 Å². The lowest BCUT2D eigenvalue weighted by atomic mass is 10.1. The summed E-state index contributed by atoms with van der Waals surface area (Å²) in [5, 5.41) is 9.91. The van der Waals surface area contributed by atoms with Gasteiger partial charge in [-0.25, -0.2) is 4.79 Å². The van der Waals surface area contributed by atoms with E-state index >= 15 is 0 Å². The number of aromatic nitrogens is 1. The second-order valence-electron chi connectivity index (χ2n) is 4.28. The van der Waals surface area contributed by atoms with Gasteiger partial charge in [0.05, 0.1) is 25.3 Å². The lowest BCUT2D eigenvalue weighted by molar-refractivity contribution is 0.0538. The van der Waals surface area contributed by atoms with E-state index in [2.05, 4.69) is 4.98 Å². The molecule has 1 heterocycles. The quantitative estimate of drug-likeness (QED) is 0.749. The van der Waals surface area contributed by atoms with E-state index in [1.54, 1.807) is 13.2 Å². The van der Waals surface area contributed by atoms with Crippen LogP contribution in [0.3, 0.4) is 0 Å². The van der Waals surface area contributed by atoms with Crippen LogP contribution in [0.1, 0.15) is 10.4 Å². The third-order valence-electron chi connectivity index (χ3n) is 2.86. The van der Waals surface area contributed by atoms with Crippen LogP contribution in [0.25, 0.3) is 10.9 Å². The number of nitrogens with zero attached hydrogens (tertiary/aromatic N) is 1. The van der Waals surface area contributed by atoms with Crippen LogP contribution < -0.4 is 4.74 Å². The molecular formula is C15H17NO5. The van der Waals surface area contributed by atoms with Crippen molar-refractivity contribution in [3.8, 4) is 5.75 Å². The van der Waals surface area contributed by atoms with Crippen LogP contribution in [0.4, 0.5) is 0 Å². The van der Waals surface area contributed by atoms with Gasteiger partial charge in [0.15, 0.2) is 0 Å². The first-order valence-corrected chi connectivity index (χ1v) is 6.54. The molecule has 0 fully saturated rings. The van der Waals surface area contributed by atoms with Crippen molar-refractivity contribution in [2.24, 2.45) is 0 Å². The highest BCUT2D eigenvalue weighted by atomic mass is 16.5. The van der Waals surface area contributed by atoms with Crippen LogP contribution in [0.2, 0.25) is 0 Å². The number of pyridine rings is 1. The number of ether oxygens (including phenoxy) is 3. The van der Waals surface area contributed by atoms with Crippen molar-refractivity contribution < 1.29 is 24.1 Å². The van der Waals surface area contributed by atoms with E-state index in [1.165, 1.54) is 6.20 Å². The molecule has 0 amide bonds. The predicted molar refractivity (Wildman–Crippen MR) is 76.9 cm³/mol. The summed E-state index contributed by atoms with van der Waals surface area (Å²) < 4.78 is 15.8. The fraction of sp³-hybridized carbons (Fsp3) is 0.333.